The fourth-order valence-corrected chi connectivity index (χ4v) is 2.30. The maximum atomic E-state index is 4.59. The van der Waals surface area contributed by atoms with E-state index in [0.29, 0.717) is 0 Å². The second-order valence-electron chi connectivity index (χ2n) is 3.91. The van der Waals surface area contributed by atoms with E-state index in [4.69, 9.17) is 0 Å². The third-order valence-corrected chi connectivity index (χ3v) is 3.04. The van der Waals surface area contributed by atoms with Gasteiger partial charge in [-0.2, -0.15) is 0 Å². The van der Waals surface area contributed by atoms with Crippen LogP contribution in [-0.2, 0) is 6.42 Å². The first-order valence-electron chi connectivity index (χ1n) is 5.58. The third kappa shape index (κ3) is 2.68. The first kappa shape index (κ1) is 10.9. The van der Waals surface area contributed by atoms with Crippen LogP contribution >= 0.6 is 15.9 Å². The molecule has 1 fully saturated rings. The van der Waals surface area contributed by atoms with Crippen LogP contribution in [-0.4, -0.2) is 23.1 Å². The summed E-state index contributed by atoms with van der Waals surface area (Å²) in [4.78, 5) is 11.3. The van der Waals surface area contributed by atoms with Gasteiger partial charge >= 0.3 is 0 Å². The van der Waals surface area contributed by atoms with Gasteiger partial charge in [0.25, 0.3) is 0 Å². The van der Waals surface area contributed by atoms with Crippen LogP contribution in [0.2, 0.25) is 0 Å². The van der Waals surface area contributed by atoms with E-state index in [2.05, 4.69) is 37.7 Å². The van der Waals surface area contributed by atoms with E-state index < -0.39 is 0 Å². The Bertz CT molecular complexity index is 335. The number of aromatic nitrogens is 2. The van der Waals surface area contributed by atoms with E-state index in [-0.39, 0.29) is 0 Å². The number of hydrogen-bond acceptors (Lipinski definition) is 3. The lowest BCUT2D eigenvalue weighted by atomic mass is 10.3. The first-order chi connectivity index (χ1) is 7.29. The van der Waals surface area contributed by atoms with E-state index in [9.17, 15) is 0 Å². The maximum Gasteiger partial charge on any atom is 0.133 e. The zero-order valence-electron chi connectivity index (χ0n) is 9.04. The first-order valence-corrected chi connectivity index (χ1v) is 6.37. The molecule has 0 N–H and O–H groups in total. The standard InChI is InChI=1S/C11H16BrN3/c1-2-5-10-13-9(12)8-11(14-10)15-6-3-4-7-15/h8H,2-7H2,1H3. The van der Waals surface area contributed by atoms with Crippen molar-refractivity contribution >= 4 is 21.7 Å². The van der Waals surface area contributed by atoms with Crippen molar-refractivity contribution < 1.29 is 0 Å². The zero-order valence-corrected chi connectivity index (χ0v) is 10.6. The van der Waals surface area contributed by atoms with Gasteiger partial charge < -0.3 is 4.90 Å². The number of aryl methyl sites for hydroxylation is 1. The molecule has 0 amide bonds. The zero-order chi connectivity index (χ0) is 10.7. The van der Waals surface area contributed by atoms with Crippen molar-refractivity contribution in [2.24, 2.45) is 0 Å². The van der Waals surface area contributed by atoms with E-state index in [1.54, 1.807) is 0 Å². The van der Waals surface area contributed by atoms with Crippen molar-refractivity contribution in [2.45, 2.75) is 32.6 Å². The number of anilines is 1. The van der Waals surface area contributed by atoms with Crippen molar-refractivity contribution in [2.75, 3.05) is 18.0 Å². The monoisotopic (exact) mass is 269 g/mol. The largest absolute Gasteiger partial charge is 0.356 e. The number of rotatable bonds is 3. The van der Waals surface area contributed by atoms with E-state index >= 15 is 0 Å². The number of hydrogen-bond donors (Lipinski definition) is 0. The molecule has 0 radical (unpaired) electrons. The van der Waals surface area contributed by atoms with Crippen LogP contribution in [0.15, 0.2) is 10.7 Å². The van der Waals surface area contributed by atoms with Gasteiger partial charge in [0, 0.05) is 25.6 Å². The van der Waals surface area contributed by atoms with Gasteiger partial charge in [-0.1, -0.05) is 6.92 Å². The molecule has 0 saturated carbocycles. The van der Waals surface area contributed by atoms with Gasteiger partial charge in [0.1, 0.15) is 16.2 Å². The van der Waals surface area contributed by atoms with Gasteiger partial charge in [0.05, 0.1) is 0 Å². The highest BCUT2D eigenvalue weighted by Crippen LogP contribution is 2.21. The fourth-order valence-electron chi connectivity index (χ4n) is 1.90. The highest BCUT2D eigenvalue weighted by molar-refractivity contribution is 9.10. The lowest BCUT2D eigenvalue weighted by Gasteiger charge is -2.16. The summed E-state index contributed by atoms with van der Waals surface area (Å²) in [5.74, 6) is 2.03. The predicted octanol–water partition coefficient (Wildman–Crippen LogP) is 2.79. The molecule has 0 atom stereocenters. The van der Waals surface area contributed by atoms with E-state index in [0.717, 1.165) is 42.2 Å². The van der Waals surface area contributed by atoms with Crippen molar-refractivity contribution in [1.82, 2.24) is 9.97 Å². The third-order valence-electron chi connectivity index (χ3n) is 2.63. The number of nitrogens with zero attached hydrogens (tertiary/aromatic N) is 3. The summed E-state index contributed by atoms with van der Waals surface area (Å²) in [7, 11) is 0. The summed E-state index contributed by atoms with van der Waals surface area (Å²) in [6, 6.07) is 2.02. The minimum absolute atomic E-state index is 0.905. The van der Waals surface area contributed by atoms with Crippen LogP contribution < -0.4 is 4.90 Å². The van der Waals surface area contributed by atoms with Crippen molar-refractivity contribution in [3.63, 3.8) is 0 Å². The summed E-state index contributed by atoms with van der Waals surface area (Å²) < 4.78 is 0.905. The minimum Gasteiger partial charge on any atom is -0.356 e. The van der Waals surface area contributed by atoms with Crippen LogP contribution in [0.1, 0.15) is 32.0 Å². The Morgan fingerprint density at radius 1 is 1.33 bits per heavy atom. The maximum absolute atomic E-state index is 4.59. The Labute approximate surface area is 99.0 Å². The molecule has 1 aliphatic heterocycles. The molecule has 4 heteroatoms. The van der Waals surface area contributed by atoms with Crippen LogP contribution in [0.5, 0.6) is 0 Å². The number of halogens is 1. The molecule has 1 aliphatic rings. The molecule has 1 aromatic heterocycles. The van der Waals surface area contributed by atoms with Gasteiger partial charge in [-0.05, 0) is 35.2 Å². The fraction of sp³-hybridized carbons (Fsp3) is 0.636. The Hall–Kier alpha value is -0.640. The Morgan fingerprint density at radius 2 is 2.07 bits per heavy atom. The minimum atomic E-state index is 0.905. The van der Waals surface area contributed by atoms with Crippen molar-refractivity contribution in [1.29, 1.82) is 0 Å². The quantitative estimate of drug-likeness (QED) is 0.791. The van der Waals surface area contributed by atoms with E-state index in [1.807, 2.05) is 6.07 Å². The topological polar surface area (TPSA) is 29.0 Å². The molecule has 82 valence electrons. The highest BCUT2D eigenvalue weighted by atomic mass is 79.9. The Morgan fingerprint density at radius 3 is 2.73 bits per heavy atom. The summed E-state index contributed by atoms with van der Waals surface area (Å²) in [6.07, 6.45) is 4.62. The summed E-state index contributed by atoms with van der Waals surface area (Å²) in [5, 5.41) is 0. The van der Waals surface area contributed by atoms with Gasteiger partial charge in [-0.3, -0.25) is 0 Å². The average molecular weight is 270 g/mol. The average Bonchev–Trinajstić information content (AvgIpc) is 2.70. The van der Waals surface area contributed by atoms with Gasteiger partial charge in [-0.15, -0.1) is 0 Å². The molecule has 0 aromatic carbocycles. The smallest absolute Gasteiger partial charge is 0.133 e. The molecule has 15 heavy (non-hydrogen) atoms. The van der Waals surface area contributed by atoms with Gasteiger partial charge in [0.15, 0.2) is 0 Å². The molecule has 2 heterocycles. The second kappa shape index (κ2) is 4.92. The second-order valence-corrected chi connectivity index (χ2v) is 4.72. The Balaban J connectivity index is 2.22. The SMILES string of the molecule is CCCc1nc(Br)cc(N2CCCC2)n1. The molecule has 0 aliphatic carbocycles. The molecule has 0 spiro atoms. The normalized spacial score (nSPS) is 16.0. The highest BCUT2D eigenvalue weighted by Gasteiger charge is 2.14. The predicted molar refractivity (Wildman–Crippen MR) is 65.2 cm³/mol. The molecule has 1 saturated heterocycles. The molecule has 1 aromatic rings. The van der Waals surface area contributed by atoms with Crippen LogP contribution in [0, 0.1) is 0 Å². The van der Waals surface area contributed by atoms with Crippen molar-refractivity contribution in [3.8, 4) is 0 Å². The van der Waals surface area contributed by atoms with Crippen molar-refractivity contribution in [3.05, 3.63) is 16.5 Å². The molecular formula is C11H16BrN3. The van der Waals surface area contributed by atoms with Crippen LogP contribution in [0.4, 0.5) is 5.82 Å². The van der Waals surface area contributed by atoms with Crippen LogP contribution in [0.3, 0.4) is 0 Å². The van der Waals surface area contributed by atoms with E-state index in [1.165, 1.54) is 12.8 Å². The van der Waals surface area contributed by atoms with Crippen LogP contribution in [0.25, 0.3) is 0 Å². The van der Waals surface area contributed by atoms with Gasteiger partial charge in [0.2, 0.25) is 0 Å². The molecule has 0 bridgehead atoms. The van der Waals surface area contributed by atoms with Gasteiger partial charge in [-0.25, -0.2) is 9.97 Å². The molecule has 0 unspecified atom stereocenters. The summed E-state index contributed by atoms with van der Waals surface area (Å²) in [6.45, 7) is 4.42. The Kier molecular flexibility index (Phi) is 3.57. The molecule has 3 nitrogen and oxygen atoms in total. The lowest BCUT2D eigenvalue weighted by molar-refractivity contribution is 0.812. The lowest BCUT2D eigenvalue weighted by Crippen LogP contribution is -2.19. The summed E-state index contributed by atoms with van der Waals surface area (Å²) >= 11 is 3.45. The summed E-state index contributed by atoms with van der Waals surface area (Å²) in [5.41, 5.74) is 0. The molecule has 2 rings (SSSR count). The molecular weight excluding hydrogens is 254 g/mol.